The summed E-state index contributed by atoms with van der Waals surface area (Å²) in [6.45, 7) is 0.997. The number of aromatic nitrogens is 1. The van der Waals surface area contributed by atoms with Crippen molar-refractivity contribution >= 4 is 21.6 Å². The van der Waals surface area contributed by atoms with Crippen molar-refractivity contribution in [3.8, 4) is 0 Å². The van der Waals surface area contributed by atoms with E-state index in [0.29, 0.717) is 29.9 Å². The Labute approximate surface area is 130 Å². The molecule has 3 rings (SSSR count). The van der Waals surface area contributed by atoms with Crippen molar-refractivity contribution < 1.29 is 13.2 Å². The molecule has 0 spiro atoms. The van der Waals surface area contributed by atoms with Gasteiger partial charge in [0.1, 0.15) is 4.90 Å². The number of methoxy groups -OCH3 is 1. The van der Waals surface area contributed by atoms with Crippen molar-refractivity contribution in [2.75, 3.05) is 20.2 Å². The molecule has 1 saturated heterocycles. The lowest BCUT2D eigenvalue weighted by atomic mass is 10.1. The van der Waals surface area contributed by atoms with Crippen LogP contribution in [0.2, 0.25) is 0 Å². The molecule has 2 fully saturated rings. The standard InChI is InChI=1S/C14H21ClN2O3S/c1-20-13-3-2-6-16(9-13)21(18,19)14-7-12(8-15)17(10-14)11-4-5-11/h7,10-11,13H,2-6,8-9H2,1H3. The molecule has 1 aromatic rings. The molecule has 7 heteroatoms. The molecule has 0 amide bonds. The van der Waals surface area contributed by atoms with Crippen LogP contribution in [-0.2, 0) is 20.6 Å². The van der Waals surface area contributed by atoms with Gasteiger partial charge in [-0.25, -0.2) is 8.42 Å². The van der Waals surface area contributed by atoms with E-state index in [9.17, 15) is 8.42 Å². The van der Waals surface area contributed by atoms with Crippen LogP contribution in [0.1, 0.15) is 37.4 Å². The molecule has 0 N–H and O–H groups in total. The average Bonchev–Trinajstić information content (AvgIpc) is 3.25. The smallest absolute Gasteiger partial charge is 0.244 e. The Kier molecular flexibility index (Phi) is 4.32. The van der Waals surface area contributed by atoms with E-state index < -0.39 is 10.0 Å². The Hall–Kier alpha value is -0.560. The maximum absolute atomic E-state index is 12.8. The minimum atomic E-state index is -3.45. The van der Waals surface area contributed by atoms with Crippen LogP contribution >= 0.6 is 11.6 Å². The van der Waals surface area contributed by atoms with E-state index in [1.807, 2.05) is 4.57 Å². The highest BCUT2D eigenvalue weighted by Gasteiger charge is 2.33. The first-order valence-corrected chi connectivity index (χ1v) is 9.33. The van der Waals surface area contributed by atoms with E-state index in [4.69, 9.17) is 16.3 Å². The average molecular weight is 333 g/mol. The third kappa shape index (κ3) is 2.99. The number of halogens is 1. The normalized spacial score (nSPS) is 24.4. The van der Waals surface area contributed by atoms with E-state index in [1.54, 1.807) is 19.4 Å². The molecular weight excluding hydrogens is 312 g/mol. The second-order valence-electron chi connectivity index (χ2n) is 5.80. The molecule has 1 aliphatic carbocycles. The van der Waals surface area contributed by atoms with Crippen molar-refractivity contribution in [2.24, 2.45) is 0 Å². The van der Waals surface area contributed by atoms with Crippen LogP contribution in [0.5, 0.6) is 0 Å². The SMILES string of the molecule is COC1CCCN(S(=O)(=O)c2cc(CCl)n(C3CC3)c2)C1. The summed E-state index contributed by atoms with van der Waals surface area (Å²) in [5.41, 5.74) is 0.887. The minimum Gasteiger partial charge on any atom is -0.380 e. The molecule has 2 heterocycles. The summed E-state index contributed by atoms with van der Waals surface area (Å²) in [5.74, 6) is 0.340. The zero-order valence-corrected chi connectivity index (χ0v) is 13.7. The summed E-state index contributed by atoms with van der Waals surface area (Å²) >= 11 is 5.95. The van der Waals surface area contributed by atoms with Gasteiger partial charge in [0.15, 0.2) is 0 Å². The molecule has 1 atom stereocenters. The molecule has 1 aliphatic heterocycles. The fraction of sp³-hybridized carbons (Fsp3) is 0.714. The number of alkyl halides is 1. The summed E-state index contributed by atoms with van der Waals surface area (Å²) in [7, 11) is -1.81. The second-order valence-corrected chi connectivity index (χ2v) is 8.01. The number of ether oxygens (including phenoxy) is 1. The quantitative estimate of drug-likeness (QED) is 0.778. The van der Waals surface area contributed by atoms with Crippen LogP contribution in [0.4, 0.5) is 0 Å². The predicted octanol–water partition coefficient (Wildman–Crippen LogP) is 2.36. The van der Waals surface area contributed by atoms with Crippen molar-refractivity contribution in [1.29, 1.82) is 0 Å². The fourth-order valence-electron chi connectivity index (χ4n) is 2.90. The maximum atomic E-state index is 12.8. The van der Waals surface area contributed by atoms with Gasteiger partial charge in [-0.3, -0.25) is 0 Å². The van der Waals surface area contributed by atoms with E-state index in [-0.39, 0.29) is 6.10 Å². The number of piperidine rings is 1. The Morgan fingerprint density at radius 3 is 2.76 bits per heavy atom. The molecule has 2 aliphatic rings. The molecule has 21 heavy (non-hydrogen) atoms. The molecular formula is C14H21ClN2O3S. The summed E-state index contributed by atoms with van der Waals surface area (Å²) in [6, 6.07) is 2.15. The first-order chi connectivity index (χ1) is 10.1. The van der Waals surface area contributed by atoms with Gasteiger partial charge in [0.25, 0.3) is 0 Å². The van der Waals surface area contributed by atoms with Gasteiger partial charge in [-0.15, -0.1) is 11.6 Å². The Balaban J connectivity index is 1.87. The highest BCUT2D eigenvalue weighted by Crippen LogP contribution is 2.38. The molecule has 1 unspecified atom stereocenters. The molecule has 0 aromatic carbocycles. The van der Waals surface area contributed by atoms with Crippen LogP contribution in [0.3, 0.4) is 0 Å². The number of hydrogen-bond acceptors (Lipinski definition) is 3. The summed E-state index contributed by atoms with van der Waals surface area (Å²) in [6.07, 6.45) is 5.70. The van der Waals surface area contributed by atoms with Gasteiger partial charge in [0, 0.05) is 38.1 Å². The fourth-order valence-corrected chi connectivity index (χ4v) is 4.68. The minimum absolute atomic E-state index is 0.00783. The second kappa shape index (κ2) is 5.91. The first kappa shape index (κ1) is 15.3. The monoisotopic (exact) mass is 332 g/mol. The summed E-state index contributed by atoms with van der Waals surface area (Å²) < 4.78 is 34.5. The largest absolute Gasteiger partial charge is 0.380 e. The zero-order valence-electron chi connectivity index (χ0n) is 12.2. The van der Waals surface area contributed by atoms with E-state index in [1.165, 1.54) is 4.31 Å². The van der Waals surface area contributed by atoms with Gasteiger partial charge >= 0.3 is 0 Å². The topological polar surface area (TPSA) is 51.5 Å². The number of nitrogens with zero attached hydrogens (tertiary/aromatic N) is 2. The summed E-state index contributed by atoms with van der Waals surface area (Å²) in [4.78, 5) is 0.363. The molecule has 0 radical (unpaired) electrons. The lowest BCUT2D eigenvalue weighted by Crippen LogP contribution is -2.42. The molecule has 1 saturated carbocycles. The molecule has 0 bridgehead atoms. The van der Waals surface area contributed by atoms with Gasteiger partial charge in [0.05, 0.1) is 12.0 Å². The van der Waals surface area contributed by atoms with Gasteiger partial charge in [-0.1, -0.05) is 0 Å². The molecule has 1 aromatic heterocycles. The third-order valence-electron chi connectivity index (χ3n) is 4.30. The van der Waals surface area contributed by atoms with Crippen LogP contribution < -0.4 is 0 Å². The molecule has 5 nitrogen and oxygen atoms in total. The summed E-state index contributed by atoms with van der Waals surface area (Å²) in [5, 5.41) is 0. The van der Waals surface area contributed by atoms with E-state index >= 15 is 0 Å². The predicted molar refractivity (Wildman–Crippen MR) is 81.0 cm³/mol. The van der Waals surface area contributed by atoms with Gasteiger partial charge in [-0.05, 0) is 31.7 Å². The van der Waals surface area contributed by atoms with Crippen molar-refractivity contribution in [1.82, 2.24) is 8.87 Å². The number of rotatable bonds is 5. The Bertz CT molecular complexity index is 610. The van der Waals surface area contributed by atoms with Crippen LogP contribution in [-0.4, -0.2) is 43.6 Å². The van der Waals surface area contributed by atoms with Crippen LogP contribution in [0.25, 0.3) is 0 Å². The Morgan fingerprint density at radius 2 is 2.14 bits per heavy atom. The van der Waals surface area contributed by atoms with Crippen molar-refractivity contribution in [3.63, 3.8) is 0 Å². The number of hydrogen-bond donors (Lipinski definition) is 0. The van der Waals surface area contributed by atoms with E-state index in [0.717, 1.165) is 31.4 Å². The zero-order chi connectivity index (χ0) is 15.0. The Morgan fingerprint density at radius 1 is 1.38 bits per heavy atom. The third-order valence-corrected chi connectivity index (χ3v) is 6.40. The lowest BCUT2D eigenvalue weighted by molar-refractivity contribution is 0.0572. The lowest BCUT2D eigenvalue weighted by Gasteiger charge is -2.30. The van der Waals surface area contributed by atoms with Crippen LogP contribution in [0.15, 0.2) is 17.2 Å². The van der Waals surface area contributed by atoms with E-state index in [2.05, 4.69) is 0 Å². The van der Waals surface area contributed by atoms with Gasteiger partial charge in [0.2, 0.25) is 10.0 Å². The number of sulfonamides is 1. The van der Waals surface area contributed by atoms with Crippen molar-refractivity contribution in [2.45, 2.75) is 48.6 Å². The van der Waals surface area contributed by atoms with Crippen molar-refractivity contribution in [3.05, 3.63) is 18.0 Å². The highest BCUT2D eigenvalue weighted by molar-refractivity contribution is 7.89. The van der Waals surface area contributed by atoms with Gasteiger partial charge < -0.3 is 9.30 Å². The molecule has 118 valence electrons. The van der Waals surface area contributed by atoms with Crippen LogP contribution in [0, 0.1) is 0 Å². The maximum Gasteiger partial charge on any atom is 0.244 e. The highest BCUT2D eigenvalue weighted by atomic mass is 35.5. The first-order valence-electron chi connectivity index (χ1n) is 7.36. The van der Waals surface area contributed by atoms with Gasteiger partial charge in [-0.2, -0.15) is 4.31 Å².